The molecule has 98 valence electrons. The van der Waals surface area contributed by atoms with Gasteiger partial charge in [-0.1, -0.05) is 12.1 Å². The Morgan fingerprint density at radius 1 is 1.22 bits per heavy atom. The number of hydrogen-bond donors (Lipinski definition) is 1. The van der Waals surface area contributed by atoms with E-state index in [0.717, 1.165) is 25.1 Å². The molecule has 1 fully saturated rings. The van der Waals surface area contributed by atoms with Gasteiger partial charge in [0.2, 0.25) is 0 Å². The smallest absolute Gasteiger partial charge is 0.178 e. The first-order valence-corrected chi connectivity index (χ1v) is 8.36. The third-order valence-electron chi connectivity index (χ3n) is 4.15. The fourth-order valence-corrected chi connectivity index (χ4v) is 4.71. The van der Waals surface area contributed by atoms with Crippen molar-refractivity contribution in [2.24, 2.45) is 5.92 Å². The Bertz CT molecular complexity index is 545. The second-order valence-corrected chi connectivity index (χ2v) is 7.44. The van der Waals surface area contributed by atoms with E-state index >= 15 is 0 Å². The Morgan fingerprint density at radius 2 is 2.00 bits per heavy atom. The third-order valence-corrected chi connectivity index (χ3v) is 5.95. The zero-order valence-electron chi connectivity index (χ0n) is 10.5. The zero-order valence-corrected chi connectivity index (χ0v) is 11.3. The van der Waals surface area contributed by atoms with Crippen molar-refractivity contribution in [1.29, 1.82) is 0 Å². The van der Waals surface area contributed by atoms with Gasteiger partial charge >= 0.3 is 0 Å². The van der Waals surface area contributed by atoms with Crippen LogP contribution in [-0.2, 0) is 22.7 Å². The molecular weight excluding hydrogens is 246 g/mol. The summed E-state index contributed by atoms with van der Waals surface area (Å²) in [5.41, 5.74) is 2.36. The van der Waals surface area contributed by atoms with E-state index in [2.05, 4.69) is 11.4 Å². The van der Waals surface area contributed by atoms with E-state index in [1.807, 2.05) is 6.07 Å². The first-order chi connectivity index (χ1) is 8.67. The summed E-state index contributed by atoms with van der Waals surface area (Å²) in [5, 5.41) is 3.37. The van der Waals surface area contributed by atoms with Gasteiger partial charge in [-0.15, -0.1) is 0 Å². The summed E-state index contributed by atoms with van der Waals surface area (Å²) in [4.78, 5) is 0.592. The molecule has 0 aliphatic carbocycles. The van der Waals surface area contributed by atoms with Gasteiger partial charge in [-0.2, -0.15) is 0 Å². The quantitative estimate of drug-likeness (QED) is 0.882. The Kier molecular flexibility index (Phi) is 3.16. The van der Waals surface area contributed by atoms with E-state index in [0.29, 0.717) is 23.0 Å². The average Bonchev–Trinajstić information content (AvgIpc) is 2.68. The van der Waals surface area contributed by atoms with Crippen molar-refractivity contribution in [3.05, 3.63) is 29.3 Å². The molecule has 0 unspecified atom stereocenters. The molecule has 4 heteroatoms. The van der Waals surface area contributed by atoms with Crippen molar-refractivity contribution >= 4 is 9.84 Å². The Labute approximate surface area is 109 Å². The summed E-state index contributed by atoms with van der Waals surface area (Å²) in [7, 11) is -2.98. The van der Waals surface area contributed by atoms with Gasteiger partial charge in [0.1, 0.15) is 0 Å². The normalized spacial score (nSPS) is 22.9. The number of piperidine rings is 1. The van der Waals surface area contributed by atoms with Gasteiger partial charge in [-0.25, -0.2) is 8.42 Å². The highest BCUT2D eigenvalue weighted by Crippen LogP contribution is 2.31. The monoisotopic (exact) mass is 265 g/mol. The molecule has 1 aromatic rings. The van der Waals surface area contributed by atoms with Crippen molar-refractivity contribution in [3.63, 3.8) is 0 Å². The molecule has 3 rings (SSSR count). The maximum atomic E-state index is 11.9. The number of hydrogen-bond acceptors (Lipinski definition) is 3. The lowest BCUT2D eigenvalue weighted by molar-refractivity contribution is 0.372. The van der Waals surface area contributed by atoms with E-state index in [-0.39, 0.29) is 0 Å². The molecule has 3 nitrogen and oxygen atoms in total. The van der Waals surface area contributed by atoms with Crippen molar-refractivity contribution < 1.29 is 8.42 Å². The molecule has 1 saturated heterocycles. The van der Waals surface area contributed by atoms with Gasteiger partial charge in [-0.05, 0) is 61.9 Å². The van der Waals surface area contributed by atoms with Crippen molar-refractivity contribution in [2.75, 3.05) is 18.8 Å². The minimum absolute atomic E-state index is 0.297. The largest absolute Gasteiger partial charge is 0.317 e. The summed E-state index contributed by atoms with van der Waals surface area (Å²) in [6.45, 7) is 2.19. The minimum Gasteiger partial charge on any atom is -0.317 e. The van der Waals surface area contributed by atoms with Crippen LogP contribution in [0.4, 0.5) is 0 Å². The molecule has 0 aromatic heterocycles. The van der Waals surface area contributed by atoms with E-state index in [1.54, 1.807) is 6.07 Å². The van der Waals surface area contributed by atoms with Gasteiger partial charge in [0, 0.05) is 0 Å². The fraction of sp³-hybridized carbons (Fsp3) is 0.571. The Morgan fingerprint density at radius 3 is 2.78 bits per heavy atom. The van der Waals surface area contributed by atoms with Crippen LogP contribution in [0, 0.1) is 5.92 Å². The van der Waals surface area contributed by atoms with Crippen LogP contribution in [0.15, 0.2) is 23.1 Å². The molecule has 2 aliphatic heterocycles. The maximum absolute atomic E-state index is 11.9. The van der Waals surface area contributed by atoms with Crippen molar-refractivity contribution in [3.8, 4) is 0 Å². The second-order valence-electron chi connectivity index (χ2n) is 5.36. The summed E-state index contributed by atoms with van der Waals surface area (Å²) >= 11 is 0. The molecular formula is C14H19NO2S. The number of nitrogens with one attached hydrogen (secondary N) is 1. The number of sulfone groups is 1. The lowest BCUT2D eigenvalue weighted by atomic mass is 9.88. The highest BCUT2D eigenvalue weighted by atomic mass is 32.2. The van der Waals surface area contributed by atoms with Crippen LogP contribution in [0.3, 0.4) is 0 Å². The van der Waals surface area contributed by atoms with Crippen LogP contribution in [0.5, 0.6) is 0 Å². The molecule has 1 aromatic carbocycles. The number of fused-ring (bicyclic) bond motifs is 1. The topological polar surface area (TPSA) is 46.2 Å². The van der Waals surface area contributed by atoms with Crippen LogP contribution in [0.1, 0.15) is 24.0 Å². The Hall–Kier alpha value is -0.870. The SMILES string of the molecule is O=S1(=O)CCc2c(CC3CCNCC3)cccc21. The van der Waals surface area contributed by atoms with E-state index in [1.165, 1.54) is 18.4 Å². The molecule has 0 spiro atoms. The van der Waals surface area contributed by atoms with Gasteiger partial charge in [0.05, 0.1) is 10.6 Å². The summed E-state index contributed by atoms with van der Waals surface area (Å²) in [6, 6.07) is 5.78. The summed E-state index contributed by atoms with van der Waals surface area (Å²) in [5.74, 6) is 1.01. The molecule has 2 heterocycles. The molecule has 0 bridgehead atoms. The number of benzene rings is 1. The molecule has 1 N–H and O–H groups in total. The molecule has 0 atom stereocenters. The fourth-order valence-electron chi connectivity index (χ4n) is 3.12. The van der Waals surface area contributed by atoms with Gasteiger partial charge < -0.3 is 5.32 Å². The Balaban J connectivity index is 1.88. The molecule has 0 saturated carbocycles. The second kappa shape index (κ2) is 4.67. The van der Waals surface area contributed by atoms with Crippen LogP contribution < -0.4 is 5.32 Å². The average molecular weight is 265 g/mol. The van der Waals surface area contributed by atoms with E-state index in [4.69, 9.17) is 0 Å². The predicted molar refractivity (Wildman–Crippen MR) is 71.5 cm³/mol. The highest BCUT2D eigenvalue weighted by molar-refractivity contribution is 7.91. The maximum Gasteiger partial charge on any atom is 0.178 e. The van der Waals surface area contributed by atoms with E-state index < -0.39 is 9.84 Å². The van der Waals surface area contributed by atoms with E-state index in [9.17, 15) is 8.42 Å². The first kappa shape index (κ1) is 12.2. The standard InChI is InChI=1S/C14H19NO2S/c16-18(17)9-6-13-12(2-1-3-14(13)18)10-11-4-7-15-8-5-11/h1-3,11,15H,4-10H2. The molecule has 18 heavy (non-hydrogen) atoms. The lowest BCUT2D eigenvalue weighted by Gasteiger charge is -2.23. The van der Waals surface area contributed by atoms with Gasteiger partial charge in [0.15, 0.2) is 9.84 Å². The molecule has 2 aliphatic rings. The van der Waals surface area contributed by atoms with Crippen LogP contribution in [0.2, 0.25) is 0 Å². The summed E-state index contributed by atoms with van der Waals surface area (Å²) in [6.07, 6.45) is 4.16. The van der Waals surface area contributed by atoms with Crippen molar-refractivity contribution in [1.82, 2.24) is 5.32 Å². The first-order valence-electron chi connectivity index (χ1n) is 6.71. The van der Waals surface area contributed by atoms with Crippen LogP contribution >= 0.6 is 0 Å². The molecule has 0 radical (unpaired) electrons. The highest BCUT2D eigenvalue weighted by Gasteiger charge is 2.28. The molecule has 0 amide bonds. The third kappa shape index (κ3) is 2.19. The summed E-state index contributed by atoms with van der Waals surface area (Å²) < 4.78 is 23.8. The van der Waals surface area contributed by atoms with Crippen molar-refractivity contribution in [2.45, 2.75) is 30.6 Å². The number of rotatable bonds is 2. The zero-order chi connectivity index (χ0) is 12.6. The van der Waals surface area contributed by atoms with Crippen LogP contribution in [0.25, 0.3) is 0 Å². The predicted octanol–water partition coefficient (Wildman–Crippen LogP) is 1.56. The van der Waals surface area contributed by atoms with Gasteiger partial charge in [0.25, 0.3) is 0 Å². The minimum atomic E-state index is -2.98. The van der Waals surface area contributed by atoms with Crippen LogP contribution in [-0.4, -0.2) is 27.3 Å². The lowest BCUT2D eigenvalue weighted by Crippen LogP contribution is -2.28. The van der Waals surface area contributed by atoms with Gasteiger partial charge in [-0.3, -0.25) is 0 Å².